The number of hydrogen-bond donors (Lipinski definition) is 1. The molecule has 3 amide bonds. The van der Waals surface area contributed by atoms with Crippen molar-refractivity contribution in [3.8, 4) is 0 Å². The number of likely N-dealkylation sites (tertiary alicyclic amines) is 1. The van der Waals surface area contributed by atoms with E-state index in [1.54, 1.807) is 33.9 Å². The fraction of sp³-hybridized carbons (Fsp3) is 0.741. The highest BCUT2D eigenvalue weighted by atomic mass is 79.9. The molecule has 0 radical (unpaired) electrons. The molecule has 0 aromatic rings. The van der Waals surface area contributed by atoms with Crippen molar-refractivity contribution in [1.29, 1.82) is 0 Å². The Labute approximate surface area is 223 Å². The van der Waals surface area contributed by atoms with Gasteiger partial charge < -0.3 is 24.5 Å². The maximum atomic E-state index is 14.2. The molecule has 3 heterocycles. The van der Waals surface area contributed by atoms with Crippen molar-refractivity contribution in [2.75, 3.05) is 39.8 Å². The minimum Gasteiger partial charge on any atom is -0.396 e. The number of carbonyl (C=O) groups is 3. The van der Waals surface area contributed by atoms with Gasteiger partial charge in [-0.1, -0.05) is 47.8 Å². The lowest BCUT2D eigenvalue weighted by atomic mass is 9.70. The van der Waals surface area contributed by atoms with Gasteiger partial charge in [-0.25, -0.2) is 0 Å². The number of rotatable bonds is 15. The van der Waals surface area contributed by atoms with Gasteiger partial charge in [0.15, 0.2) is 0 Å². The number of fused-ring (bicyclic) bond motifs is 1. The van der Waals surface area contributed by atoms with Gasteiger partial charge in [0.1, 0.15) is 11.6 Å². The topological polar surface area (TPSA) is 90.4 Å². The summed E-state index contributed by atoms with van der Waals surface area (Å²) < 4.78 is 6.58. The smallest absolute Gasteiger partial charge is 0.248 e. The summed E-state index contributed by atoms with van der Waals surface area (Å²) >= 11 is 3.72. The molecule has 3 aliphatic rings. The third-order valence-electron chi connectivity index (χ3n) is 7.84. The molecule has 8 nitrogen and oxygen atoms in total. The average molecular weight is 569 g/mol. The third kappa shape index (κ3) is 5.29. The second kappa shape index (κ2) is 12.7. The Hall–Kier alpha value is -1.71. The summed E-state index contributed by atoms with van der Waals surface area (Å²) in [6.07, 6.45) is 8.42. The van der Waals surface area contributed by atoms with Gasteiger partial charge in [-0.05, 0) is 32.1 Å². The molecule has 1 N–H and O–H groups in total. The summed E-state index contributed by atoms with van der Waals surface area (Å²) in [6, 6.07) is -0.779. The molecule has 0 saturated carbocycles. The molecule has 0 aromatic heterocycles. The number of likely N-dealkylation sites (N-methyl/N-ethyl adjacent to an activating group) is 1. The molecular weight excluding hydrogens is 526 g/mol. The standard InChI is InChI=1S/C27H42BrN3O5/c1-5-8-10-15-30(14-7-3)26(35)23-27-18-19(28)22(36-27)20(24(33)29(4)13-6-2)21(27)25(34)31(23)16-11-9-12-17-32/h6-7,19-23,32H,2-3,5,8-18H2,1,4H3/t19?,20-,21+,22-,23?,27?/m1/s1. The number of ether oxygens (including phenoxy) is 1. The van der Waals surface area contributed by atoms with E-state index >= 15 is 0 Å². The Morgan fingerprint density at radius 3 is 2.53 bits per heavy atom. The Kier molecular flexibility index (Phi) is 10.2. The first-order valence-corrected chi connectivity index (χ1v) is 14.2. The zero-order valence-electron chi connectivity index (χ0n) is 21.7. The highest BCUT2D eigenvalue weighted by molar-refractivity contribution is 9.09. The van der Waals surface area contributed by atoms with E-state index in [0.717, 1.165) is 25.7 Å². The molecule has 0 aromatic carbocycles. The van der Waals surface area contributed by atoms with Crippen molar-refractivity contribution >= 4 is 33.7 Å². The maximum Gasteiger partial charge on any atom is 0.248 e. The van der Waals surface area contributed by atoms with Crippen LogP contribution in [0.2, 0.25) is 0 Å². The zero-order valence-corrected chi connectivity index (χ0v) is 23.3. The molecule has 3 saturated heterocycles. The molecule has 6 atom stereocenters. The van der Waals surface area contributed by atoms with Gasteiger partial charge in [0, 0.05) is 44.7 Å². The molecule has 2 bridgehead atoms. The van der Waals surface area contributed by atoms with Crippen molar-refractivity contribution in [3.63, 3.8) is 0 Å². The number of aliphatic hydroxyl groups is 1. The van der Waals surface area contributed by atoms with Gasteiger partial charge in [0.2, 0.25) is 17.7 Å². The molecule has 3 fully saturated rings. The lowest BCUT2D eigenvalue weighted by Crippen LogP contribution is -2.57. The van der Waals surface area contributed by atoms with Crippen LogP contribution in [0.15, 0.2) is 25.3 Å². The van der Waals surface area contributed by atoms with Crippen LogP contribution in [0.3, 0.4) is 0 Å². The predicted octanol–water partition coefficient (Wildman–Crippen LogP) is 2.75. The van der Waals surface area contributed by atoms with Crippen molar-refractivity contribution in [2.24, 2.45) is 11.8 Å². The van der Waals surface area contributed by atoms with Gasteiger partial charge in [0.05, 0.1) is 17.9 Å². The van der Waals surface area contributed by atoms with Crippen LogP contribution in [0.5, 0.6) is 0 Å². The lowest BCUT2D eigenvalue weighted by Gasteiger charge is -2.37. The molecule has 0 aliphatic carbocycles. The van der Waals surface area contributed by atoms with Crippen molar-refractivity contribution in [1.82, 2.24) is 14.7 Å². The van der Waals surface area contributed by atoms with Crippen LogP contribution in [0.4, 0.5) is 0 Å². The number of amides is 3. The molecule has 202 valence electrons. The fourth-order valence-corrected chi connectivity index (χ4v) is 7.16. The Morgan fingerprint density at radius 1 is 1.17 bits per heavy atom. The Balaban J connectivity index is 1.98. The van der Waals surface area contributed by atoms with Gasteiger partial charge in [0.25, 0.3) is 0 Å². The average Bonchev–Trinajstić information content (AvgIpc) is 3.44. The normalized spacial score (nSPS) is 30.4. The summed E-state index contributed by atoms with van der Waals surface area (Å²) in [5, 5.41) is 9.20. The van der Waals surface area contributed by atoms with Crippen LogP contribution in [0, 0.1) is 11.8 Å². The van der Waals surface area contributed by atoms with E-state index in [2.05, 4.69) is 36.0 Å². The van der Waals surface area contributed by atoms with E-state index in [1.807, 2.05) is 0 Å². The van der Waals surface area contributed by atoms with E-state index in [1.165, 1.54) is 0 Å². The van der Waals surface area contributed by atoms with Gasteiger partial charge in [-0.3, -0.25) is 14.4 Å². The van der Waals surface area contributed by atoms with Gasteiger partial charge >= 0.3 is 0 Å². The predicted molar refractivity (Wildman–Crippen MR) is 142 cm³/mol. The highest BCUT2D eigenvalue weighted by Gasteiger charge is 2.76. The molecule has 3 rings (SSSR count). The van der Waals surface area contributed by atoms with Crippen molar-refractivity contribution in [3.05, 3.63) is 25.3 Å². The molecule has 36 heavy (non-hydrogen) atoms. The SMILES string of the molecule is C=CCN(C)C(=O)[C@H]1[C@@H]2OC3(CC2Br)C(C(=O)N(CC=C)CCCCC)N(CCCCCO)C(=O)[C@H]13. The van der Waals surface area contributed by atoms with E-state index in [9.17, 15) is 19.5 Å². The van der Waals surface area contributed by atoms with Crippen LogP contribution >= 0.6 is 15.9 Å². The minimum atomic E-state index is -1.04. The monoisotopic (exact) mass is 567 g/mol. The first-order valence-electron chi connectivity index (χ1n) is 13.3. The number of nitrogens with zero attached hydrogens (tertiary/aromatic N) is 3. The molecule has 3 unspecified atom stereocenters. The van der Waals surface area contributed by atoms with Crippen LogP contribution in [-0.4, -0.2) is 99.9 Å². The maximum absolute atomic E-state index is 14.2. The quantitative estimate of drug-likeness (QED) is 0.187. The number of alkyl halides is 1. The molecule has 3 aliphatic heterocycles. The lowest BCUT2D eigenvalue weighted by molar-refractivity contribution is -0.148. The summed E-state index contributed by atoms with van der Waals surface area (Å²) in [5.41, 5.74) is -1.04. The van der Waals surface area contributed by atoms with Crippen LogP contribution < -0.4 is 0 Å². The van der Waals surface area contributed by atoms with E-state index in [-0.39, 0.29) is 29.2 Å². The number of unbranched alkanes of at least 4 members (excludes halogenated alkanes) is 4. The Morgan fingerprint density at radius 2 is 1.89 bits per heavy atom. The second-order valence-electron chi connectivity index (χ2n) is 10.3. The second-order valence-corrected chi connectivity index (χ2v) is 11.4. The van der Waals surface area contributed by atoms with Gasteiger partial charge in [-0.15, -0.1) is 13.2 Å². The number of halogens is 1. The third-order valence-corrected chi connectivity index (χ3v) is 8.68. The van der Waals surface area contributed by atoms with Crippen molar-refractivity contribution < 1.29 is 24.2 Å². The van der Waals surface area contributed by atoms with E-state index < -0.39 is 29.6 Å². The number of hydrogen-bond acceptors (Lipinski definition) is 5. The largest absolute Gasteiger partial charge is 0.396 e. The summed E-state index contributed by atoms with van der Waals surface area (Å²) in [4.78, 5) is 46.6. The van der Waals surface area contributed by atoms with Gasteiger partial charge in [-0.2, -0.15) is 0 Å². The zero-order chi connectivity index (χ0) is 26.5. The van der Waals surface area contributed by atoms with Crippen LogP contribution in [-0.2, 0) is 19.1 Å². The number of carbonyl (C=O) groups excluding carboxylic acids is 3. The molecule has 9 heteroatoms. The van der Waals surface area contributed by atoms with E-state index in [4.69, 9.17) is 4.74 Å². The summed E-state index contributed by atoms with van der Waals surface area (Å²) in [7, 11) is 1.71. The highest BCUT2D eigenvalue weighted by Crippen LogP contribution is 2.60. The van der Waals surface area contributed by atoms with Crippen LogP contribution in [0.25, 0.3) is 0 Å². The summed E-state index contributed by atoms with van der Waals surface area (Å²) in [6.45, 7) is 11.6. The molecule has 1 spiro atoms. The first-order chi connectivity index (χ1) is 17.3. The molecular formula is C27H42BrN3O5. The number of aliphatic hydroxyl groups excluding tert-OH is 1. The van der Waals surface area contributed by atoms with Crippen molar-refractivity contribution in [2.45, 2.75) is 74.4 Å². The Bertz CT molecular complexity index is 838. The summed E-state index contributed by atoms with van der Waals surface area (Å²) in [5.74, 6) is -1.78. The minimum absolute atomic E-state index is 0.0929. The fourth-order valence-electron chi connectivity index (χ4n) is 6.21. The van der Waals surface area contributed by atoms with E-state index in [0.29, 0.717) is 45.4 Å². The first kappa shape index (κ1) is 28.9. The van der Waals surface area contributed by atoms with Crippen LogP contribution in [0.1, 0.15) is 51.9 Å².